The van der Waals surface area contributed by atoms with Gasteiger partial charge in [0.05, 0.1) is 21.5 Å². The van der Waals surface area contributed by atoms with Gasteiger partial charge in [-0.1, -0.05) is 34.8 Å². The number of ether oxygens (including phenoxy) is 1. The second kappa shape index (κ2) is 8.01. The minimum atomic E-state index is -3.60. The maximum absolute atomic E-state index is 12.9. The minimum Gasteiger partial charge on any atom is -0.356 e. The van der Waals surface area contributed by atoms with Crippen LogP contribution in [0.25, 0.3) is 0 Å². The van der Waals surface area contributed by atoms with Gasteiger partial charge in [0.2, 0.25) is 10.0 Å². The molecule has 2 aromatic rings. The first-order valence-corrected chi connectivity index (χ1v) is 11.5. The molecular formula is C19H19Cl3N2O3S. The molecular weight excluding hydrogens is 443 g/mol. The highest BCUT2D eigenvalue weighted by Crippen LogP contribution is 2.34. The van der Waals surface area contributed by atoms with Gasteiger partial charge in [-0.2, -0.15) is 4.31 Å². The summed E-state index contributed by atoms with van der Waals surface area (Å²) >= 11 is 18.0. The summed E-state index contributed by atoms with van der Waals surface area (Å²) in [6, 6.07) is 10.4. The Morgan fingerprint density at radius 1 is 0.964 bits per heavy atom. The van der Waals surface area contributed by atoms with E-state index in [2.05, 4.69) is 4.90 Å². The van der Waals surface area contributed by atoms with Crippen LogP contribution < -0.4 is 4.90 Å². The number of sulfonamides is 1. The fourth-order valence-electron chi connectivity index (χ4n) is 3.76. The van der Waals surface area contributed by atoms with E-state index in [0.29, 0.717) is 49.3 Å². The molecule has 1 fully saturated rings. The number of nitrogens with zero attached hydrogens (tertiary/aromatic N) is 2. The third kappa shape index (κ3) is 3.86. The Morgan fingerprint density at radius 3 is 2.43 bits per heavy atom. The fraction of sp³-hybridized carbons (Fsp3) is 0.368. The third-order valence-corrected chi connectivity index (χ3v) is 8.10. The third-order valence-electron chi connectivity index (χ3n) is 5.23. The van der Waals surface area contributed by atoms with Crippen LogP contribution in [0.2, 0.25) is 15.1 Å². The highest BCUT2D eigenvalue weighted by Gasteiger charge is 2.33. The van der Waals surface area contributed by atoms with Crippen molar-refractivity contribution in [1.82, 2.24) is 4.31 Å². The number of rotatable bonds is 3. The van der Waals surface area contributed by atoms with Crippen LogP contribution in [0, 0.1) is 0 Å². The van der Waals surface area contributed by atoms with E-state index in [4.69, 9.17) is 39.5 Å². The van der Waals surface area contributed by atoms with Crippen molar-refractivity contribution in [3.63, 3.8) is 0 Å². The average Bonchev–Trinajstić information content (AvgIpc) is 2.69. The monoisotopic (exact) mass is 460 g/mol. The summed E-state index contributed by atoms with van der Waals surface area (Å²) in [6.45, 7) is 1.91. The van der Waals surface area contributed by atoms with Crippen LogP contribution in [0.15, 0.2) is 41.3 Å². The van der Waals surface area contributed by atoms with Gasteiger partial charge in [0, 0.05) is 35.4 Å². The predicted octanol–water partition coefficient (Wildman–Crippen LogP) is 4.79. The normalized spacial score (nSPS) is 18.9. The zero-order valence-electron chi connectivity index (χ0n) is 14.9. The Labute approximate surface area is 179 Å². The lowest BCUT2D eigenvalue weighted by Crippen LogP contribution is -2.48. The van der Waals surface area contributed by atoms with Crippen molar-refractivity contribution in [2.24, 2.45) is 0 Å². The van der Waals surface area contributed by atoms with E-state index in [1.807, 2.05) is 18.2 Å². The lowest BCUT2D eigenvalue weighted by atomic mass is 10.0. The standard InChI is InChI=1S/C19H19Cl3N2O3S/c20-14-1-4-19-13(9-14)11-27-12-24(19)15-5-7-23(8-6-15)28(25,26)16-2-3-17(21)18(22)10-16/h1-4,9-10,15H,5-8,11-12H2. The topological polar surface area (TPSA) is 49.9 Å². The molecule has 0 saturated carbocycles. The molecule has 1 saturated heterocycles. The summed E-state index contributed by atoms with van der Waals surface area (Å²) < 4.78 is 33.1. The van der Waals surface area contributed by atoms with Gasteiger partial charge in [-0.15, -0.1) is 0 Å². The van der Waals surface area contributed by atoms with Crippen LogP contribution in [0.5, 0.6) is 0 Å². The van der Waals surface area contributed by atoms with Crippen molar-refractivity contribution in [3.8, 4) is 0 Å². The Balaban J connectivity index is 1.49. The molecule has 0 spiro atoms. The van der Waals surface area contributed by atoms with E-state index >= 15 is 0 Å². The van der Waals surface area contributed by atoms with E-state index < -0.39 is 10.0 Å². The maximum atomic E-state index is 12.9. The molecule has 0 N–H and O–H groups in total. The van der Waals surface area contributed by atoms with Crippen molar-refractivity contribution in [3.05, 3.63) is 57.0 Å². The molecule has 2 aliphatic heterocycles. The molecule has 2 aliphatic rings. The smallest absolute Gasteiger partial charge is 0.243 e. The van der Waals surface area contributed by atoms with Crippen molar-refractivity contribution in [1.29, 1.82) is 0 Å². The number of hydrogen-bond donors (Lipinski definition) is 0. The number of halogens is 3. The van der Waals surface area contributed by atoms with E-state index in [9.17, 15) is 8.42 Å². The Kier molecular flexibility index (Phi) is 5.80. The molecule has 0 aliphatic carbocycles. The van der Waals surface area contributed by atoms with Gasteiger partial charge < -0.3 is 9.64 Å². The minimum absolute atomic E-state index is 0.168. The molecule has 0 aromatic heterocycles. The molecule has 0 radical (unpaired) electrons. The van der Waals surface area contributed by atoms with Gasteiger partial charge in [-0.3, -0.25) is 0 Å². The van der Waals surface area contributed by atoms with Crippen molar-refractivity contribution < 1.29 is 13.2 Å². The first kappa shape index (κ1) is 20.3. The highest BCUT2D eigenvalue weighted by atomic mass is 35.5. The van der Waals surface area contributed by atoms with E-state index in [1.165, 1.54) is 22.5 Å². The quantitative estimate of drug-likeness (QED) is 0.659. The zero-order chi connectivity index (χ0) is 19.9. The molecule has 150 valence electrons. The van der Waals surface area contributed by atoms with Crippen molar-refractivity contribution >= 4 is 50.5 Å². The average molecular weight is 462 g/mol. The molecule has 5 nitrogen and oxygen atoms in total. The first-order chi connectivity index (χ1) is 13.4. The largest absolute Gasteiger partial charge is 0.356 e. The SMILES string of the molecule is O=S(=O)(c1ccc(Cl)c(Cl)c1)N1CCC(N2COCc3cc(Cl)ccc32)CC1. The second-order valence-corrected chi connectivity index (χ2v) is 10.1. The summed E-state index contributed by atoms with van der Waals surface area (Å²) in [5.74, 6) is 0. The van der Waals surface area contributed by atoms with Crippen molar-refractivity contribution in [2.75, 3.05) is 24.7 Å². The Bertz CT molecular complexity index is 992. The zero-order valence-corrected chi connectivity index (χ0v) is 18.0. The van der Waals surface area contributed by atoms with Gasteiger partial charge in [-0.25, -0.2) is 8.42 Å². The fourth-order valence-corrected chi connectivity index (χ4v) is 5.81. The highest BCUT2D eigenvalue weighted by molar-refractivity contribution is 7.89. The number of hydrogen-bond acceptors (Lipinski definition) is 4. The lowest BCUT2D eigenvalue weighted by Gasteiger charge is -2.41. The molecule has 9 heteroatoms. The molecule has 2 heterocycles. The van der Waals surface area contributed by atoms with Crippen LogP contribution in [-0.4, -0.2) is 38.6 Å². The number of piperidine rings is 1. The molecule has 0 bridgehead atoms. The molecule has 2 aromatic carbocycles. The van der Waals surface area contributed by atoms with Gasteiger partial charge in [0.15, 0.2) is 0 Å². The lowest BCUT2D eigenvalue weighted by molar-refractivity contribution is 0.0988. The van der Waals surface area contributed by atoms with Gasteiger partial charge in [0.25, 0.3) is 0 Å². The summed E-state index contributed by atoms with van der Waals surface area (Å²) in [6.07, 6.45) is 1.43. The van der Waals surface area contributed by atoms with Crippen LogP contribution in [-0.2, 0) is 21.4 Å². The van der Waals surface area contributed by atoms with Gasteiger partial charge in [-0.05, 0) is 49.2 Å². The summed E-state index contributed by atoms with van der Waals surface area (Å²) in [5.41, 5.74) is 2.17. The Morgan fingerprint density at radius 2 is 1.71 bits per heavy atom. The van der Waals surface area contributed by atoms with Gasteiger partial charge >= 0.3 is 0 Å². The summed E-state index contributed by atoms with van der Waals surface area (Å²) in [7, 11) is -3.60. The molecule has 0 unspecified atom stereocenters. The number of anilines is 1. The van der Waals surface area contributed by atoms with Crippen LogP contribution in [0.3, 0.4) is 0 Å². The van der Waals surface area contributed by atoms with Crippen LogP contribution >= 0.6 is 34.8 Å². The Hall–Kier alpha value is -1.02. The first-order valence-electron chi connectivity index (χ1n) is 8.94. The van der Waals surface area contributed by atoms with Gasteiger partial charge in [0.1, 0.15) is 6.73 Å². The molecule has 4 rings (SSSR count). The predicted molar refractivity (Wildman–Crippen MR) is 112 cm³/mol. The van der Waals surface area contributed by atoms with Crippen molar-refractivity contribution in [2.45, 2.75) is 30.4 Å². The number of fused-ring (bicyclic) bond motifs is 1. The second-order valence-electron chi connectivity index (χ2n) is 6.93. The molecule has 0 amide bonds. The number of benzene rings is 2. The maximum Gasteiger partial charge on any atom is 0.243 e. The van der Waals surface area contributed by atoms with E-state index in [0.717, 1.165) is 11.3 Å². The van der Waals surface area contributed by atoms with Crippen LogP contribution in [0.4, 0.5) is 5.69 Å². The molecule has 0 atom stereocenters. The summed E-state index contributed by atoms with van der Waals surface area (Å²) in [5, 5.41) is 1.26. The van der Waals surface area contributed by atoms with Crippen LogP contribution in [0.1, 0.15) is 18.4 Å². The summed E-state index contributed by atoms with van der Waals surface area (Å²) in [4.78, 5) is 2.37. The van der Waals surface area contributed by atoms with E-state index in [1.54, 1.807) is 0 Å². The molecule has 28 heavy (non-hydrogen) atoms. The van der Waals surface area contributed by atoms with E-state index in [-0.39, 0.29) is 16.0 Å².